The van der Waals surface area contributed by atoms with E-state index in [-0.39, 0.29) is 0 Å². The first kappa shape index (κ1) is 10.8. The van der Waals surface area contributed by atoms with Crippen molar-refractivity contribution in [3.8, 4) is 11.3 Å². The minimum absolute atomic E-state index is 0.850. The monoisotopic (exact) mass is 212 g/mol. The van der Waals surface area contributed by atoms with Gasteiger partial charge < -0.3 is 9.49 Å². The fourth-order valence-electron chi connectivity index (χ4n) is 1.52. The topological polar surface area (TPSA) is 34.0 Å². The van der Waals surface area contributed by atoms with Crippen LogP contribution in [0.4, 0.5) is 5.69 Å². The molecular formula is C10H14B2N4. The average Bonchev–Trinajstić information content (AvgIpc) is 2.77. The Morgan fingerprint density at radius 2 is 1.94 bits per heavy atom. The maximum Gasteiger partial charge on any atom is 0.225 e. The van der Waals surface area contributed by atoms with Crippen molar-refractivity contribution in [1.29, 1.82) is 0 Å². The van der Waals surface area contributed by atoms with Crippen molar-refractivity contribution in [2.24, 2.45) is 0 Å². The van der Waals surface area contributed by atoms with Gasteiger partial charge >= 0.3 is 0 Å². The Morgan fingerprint density at radius 1 is 1.25 bits per heavy atom. The van der Waals surface area contributed by atoms with E-state index in [1.54, 1.807) is 0 Å². The van der Waals surface area contributed by atoms with E-state index in [1.807, 2.05) is 32.6 Å². The third-order valence-corrected chi connectivity index (χ3v) is 2.54. The van der Waals surface area contributed by atoms with E-state index in [1.165, 1.54) is 5.69 Å². The summed E-state index contributed by atoms with van der Waals surface area (Å²) in [5.41, 5.74) is 3.21. The Kier molecular flexibility index (Phi) is 2.99. The van der Waals surface area contributed by atoms with Crippen LogP contribution in [0.25, 0.3) is 11.3 Å². The maximum atomic E-state index is 4.13. The van der Waals surface area contributed by atoms with Crippen molar-refractivity contribution in [1.82, 2.24) is 14.9 Å². The summed E-state index contributed by atoms with van der Waals surface area (Å²) in [4.78, 5) is 2.08. The SMILES string of the molecule is BBn1cc(-c2ccc(N(C)C)cc2)nn1. The number of anilines is 1. The van der Waals surface area contributed by atoms with Crippen molar-refractivity contribution in [2.75, 3.05) is 19.0 Å². The third kappa shape index (κ3) is 2.10. The summed E-state index contributed by atoms with van der Waals surface area (Å²) < 4.78 is 1.83. The molecule has 0 saturated carbocycles. The second-order valence-corrected chi connectivity index (χ2v) is 3.90. The van der Waals surface area contributed by atoms with Gasteiger partial charge in [-0.25, -0.2) is 0 Å². The van der Waals surface area contributed by atoms with Crippen molar-refractivity contribution in [3.05, 3.63) is 30.5 Å². The summed E-state index contributed by atoms with van der Waals surface area (Å²) >= 11 is 0. The van der Waals surface area contributed by atoms with Gasteiger partial charge in [-0.15, -0.1) is 5.10 Å². The molecule has 16 heavy (non-hydrogen) atoms. The molecule has 0 aliphatic carbocycles. The maximum absolute atomic E-state index is 4.13. The van der Waals surface area contributed by atoms with Crippen LogP contribution < -0.4 is 4.90 Å². The zero-order chi connectivity index (χ0) is 11.5. The van der Waals surface area contributed by atoms with Crippen LogP contribution in [0.5, 0.6) is 0 Å². The highest BCUT2D eigenvalue weighted by Crippen LogP contribution is 2.19. The highest BCUT2D eigenvalue weighted by atomic mass is 15.4. The molecule has 0 N–H and O–H groups in total. The van der Waals surface area contributed by atoms with E-state index < -0.39 is 0 Å². The van der Waals surface area contributed by atoms with E-state index in [0.29, 0.717) is 0 Å². The summed E-state index contributed by atoms with van der Waals surface area (Å²) in [6, 6.07) is 8.30. The molecule has 0 spiro atoms. The van der Waals surface area contributed by atoms with Gasteiger partial charge in [-0.3, -0.25) is 0 Å². The second kappa shape index (κ2) is 4.43. The molecule has 0 aliphatic rings. The molecule has 80 valence electrons. The molecule has 1 heterocycles. The molecule has 0 unspecified atom stereocenters. The average molecular weight is 212 g/mol. The van der Waals surface area contributed by atoms with E-state index in [9.17, 15) is 0 Å². The zero-order valence-corrected chi connectivity index (χ0v) is 9.88. The molecule has 0 bridgehead atoms. The predicted molar refractivity (Wildman–Crippen MR) is 70.9 cm³/mol. The lowest BCUT2D eigenvalue weighted by molar-refractivity contribution is 0.876. The highest BCUT2D eigenvalue weighted by Gasteiger charge is 2.03. The fourth-order valence-corrected chi connectivity index (χ4v) is 1.52. The molecule has 1 aromatic heterocycles. The fraction of sp³-hybridized carbons (Fsp3) is 0.200. The zero-order valence-electron chi connectivity index (χ0n) is 9.88. The van der Waals surface area contributed by atoms with Crippen LogP contribution in [0.2, 0.25) is 0 Å². The number of nitrogens with zero attached hydrogens (tertiary/aromatic N) is 4. The molecule has 0 amide bonds. The third-order valence-electron chi connectivity index (χ3n) is 2.54. The standard InChI is InChI=1S/C10H14B2N4/c1-15(2)9-5-3-8(4-6-9)10-7-16(12-11)14-13-10/h3-7,12H,11H2,1-2H3. The van der Waals surface area contributed by atoms with Crippen LogP contribution in [0.15, 0.2) is 30.5 Å². The molecule has 0 radical (unpaired) electrons. The first-order chi connectivity index (χ1) is 7.70. The van der Waals surface area contributed by atoms with Crippen LogP contribution in [0, 0.1) is 0 Å². The molecule has 0 atom stereocenters. The minimum Gasteiger partial charge on any atom is -0.378 e. The van der Waals surface area contributed by atoms with E-state index in [0.717, 1.165) is 18.6 Å². The van der Waals surface area contributed by atoms with Gasteiger partial charge in [-0.1, -0.05) is 17.3 Å². The summed E-state index contributed by atoms with van der Waals surface area (Å²) in [5.74, 6) is 0. The number of benzene rings is 1. The van der Waals surface area contributed by atoms with Crippen LogP contribution >= 0.6 is 0 Å². The summed E-state index contributed by atoms with van der Waals surface area (Å²) in [5, 5.41) is 8.16. The Morgan fingerprint density at radius 3 is 2.44 bits per heavy atom. The number of rotatable bonds is 3. The van der Waals surface area contributed by atoms with Crippen LogP contribution in [-0.2, 0) is 0 Å². The van der Waals surface area contributed by atoms with Gasteiger partial charge in [0.25, 0.3) is 0 Å². The van der Waals surface area contributed by atoms with Gasteiger partial charge in [0.1, 0.15) is 5.69 Å². The smallest absolute Gasteiger partial charge is 0.225 e. The Bertz CT molecular complexity index is 464. The van der Waals surface area contributed by atoms with Crippen LogP contribution in [-0.4, -0.2) is 44.0 Å². The van der Waals surface area contributed by atoms with Crippen LogP contribution in [0.3, 0.4) is 0 Å². The minimum atomic E-state index is 0.850. The van der Waals surface area contributed by atoms with Gasteiger partial charge in [0.15, 0.2) is 0 Å². The molecular weight excluding hydrogens is 198 g/mol. The lowest BCUT2D eigenvalue weighted by Gasteiger charge is -2.11. The number of aromatic nitrogens is 3. The lowest BCUT2D eigenvalue weighted by Crippen LogP contribution is -2.07. The van der Waals surface area contributed by atoms with Crippen molar-refractivity contribution >= 4 is 20.7 Å². The molecule has 1 aromatic carbocycles. The van der Waals surface area contributed by atoms with E-state index in [2.05, 4.69) is 39.5 Å². The summed E-state index contributed by atoms with van der Waals surface area (Å²) in [6.07, 6.45) is 1.96. The second-order valence-electron chi connectivity index (χ2n) is 3.90. The highest BCUT2D eigenvalue weighted by molar-refractivity contribution is 6.88. The van der Waals surface area contributed by atoms with Crippen molar-refractivity contribution in [2.45, 2.75) is 0 Å². The molecule has 4 nitrogen and oxygen atoms in total. The molecule has 0 fully saturated rings. The van der Waals surface area contributed by atoms with Crippen molar-refractivity contribution in [3.63, 3.8) is 0 Å². The Hall–Kier alpha value is -1.71. The van der Waals surface area contributed by atoms with E-state index >= 15 is 0 Å². The van der Waals surface area contributed by atoms with Gasteiger partial charge in [0, 0.05) is 31.5 Å². The molecule has 2 aromatic rings. The van der Waals surface area contributed by atoms with Gasteiger partial charge in [0.05, 0.1) is 7.74 Å². The number of hydrogen-bond acceptors (Lipinski definition) is 3. The Balaban J connectivity index is 2.27. The first-order valence-corrected chi connectivity index (χ1v) is 5.38. The predicted octanol–water partition coefficient (Wildman–Crippen LogP) is -0.241. The largest absolute Gasteiger partial charge is 0.378 e. The molecule has 0 aliphatic heterocycles. The molecule has 2 rings (SSSR count). The Labute approximate surface area is 96.9 Å². The summed E-state index contributed by atoms with van der Waals surface area (Å²) in [6.45, 7) is 0. The van der Waals surface area contributed by atoms with Crippen molar-refractivity contribution < 1.29 is 0 Å². The van der Waals surface area contributed by atoms with Gasteiger partial charge in [-0.2, -0.15) is 0 Å². The quantitative estimate of drug-likeness (QED) is 0.658. The van der Waals surface area contributed by atoms with Gasteiger partial charge in [0.2, 0.25) is 7.31 Å². The lowest BCUT2D eigenvalue weighted by atomic mass is 9.67. The normalized spacial score (nSPS) is 10.1. The summed E-state index contributed by atoms with van der Waals surface area (Å²) in [7, 11) is 6.96. The van der Waals surface area contributed by atoms with E-state index in [4.69, 9.17) is 0 Å². The first-order valence-electron chi connectivity index (χ1n) is 5.38. The van der Waals surface area contributed by atoms with Gasteiger partial charge in [-0.05, 0) is 12.1 Å². The molecule has 0 saturated heterocycles. The number of hydrogen-bond donors (Lipinski definition) is 0. The molecule has 6 heteroatoms. The van der Waals surface area contributed by atoms with Crippen LogP contribution in [0.1, 0.15) is 0 Å².